The lowest BCUT2D eigenvalue weighted by atomic mass is 10.4. The standard InChI is InChI=1S/C10H22N4O4S2/c11-1-3-17-9(15)7(13)5-19-20-6-8(14)10(16)18-4-2-12/h7-8H,1-6,11-14H2/t7-,8-/m0/s1. The Balaban J connectivity index is 3.69. The van der Waals surface area contributed by atoms with Crippen molar-refractivity contribution in [3.05, 3.63) is 0 Å². The van der Waals surface area contributed by atoms with Crippen LogP contribution in [-0.2, 0) is 19.1 Å². The van der Waals surface area contributed by atoms with E-state index in [-0.39, 0.29) is 26.3 Å². The van der Waals surface area contributed by atoms with Gasteiger partial charge < -0.3 is 32.4 Å². The number of nitrogens with two attached hydrogens (primary N) is 4. The molecule has 0 rings (SSSR count). The van der Waals surface area contributed by atoms with Crippen molar-refractivity contribution in [3.8, 4) is 0 Å². The first-order chi connectivity index (χ1) is 9.52. The molecule has 0 aromatic carbocycles. The normalized spacial score (nSPS) is 13.6. The van der Waals surface area contributed by atoms with Gasteiger partial charge in [-0.1, -0.05) is 21.6 Å². The average Bonchev–Trinajstić information content (AvgIpc) is 2.45. The number of hydrogen-bond acceptors (Lipinski definition) is 10. The Labute approximate surface area is 126 Å². The van der Waals surface area contributed by atoms with Gasteiger partial charge in [-0.3, -0.25) is 9.59 Å². The van der Waals surface area contributed by atoms with E-state index in [1.807, 2.05) is 0 Å². The molecule has 0 amide bonds. The largest absolute Gasteiger partial charge is 0.463 e. The SMILES string of the molecule is NCCOC(=O)[C@@H](N)CSSC[C@H](N)C(=O)OCCN. The molecule has 0 fully saturated rings. The monoisotopic (exact) mass is 326 g/mol. The first-order valence-electron chi connectivity index (χ1n) is 6.01. The van der Waals surface area contributed by atoms with Crippen molar-refractivity contribution >= 4 is 33.5 Å². The molecule has 2 atom stereocenters. The van der Waals surface area contributed by atoms with Crippen molar-refractivity contribution in [1.29, 1.82) is 0 Å². The molecule has 0 aliphatic carbocycles. The summed E-state index contributed by atoms with van der Waals surface area (Å²) in [6.45, 7) is 0.838. The topological polar surface area (TPSA) is 157 Å². The molecule has 0 spiro atoms. The number of carbonyl (C=O) groups is 2. The molecule has 0 aromatic heterocycles. The fraction of sp³-hybridized carbons (Fsp3) is 0.800. The lowest BCUT2D eigenvalue weighted by Gasteiger charge is -2.12. The van der Waals surface area contributed by atoms with Gasteiger partial charge in [0.25, 0.3) is 0 Å². The van der Waals surface area contributed by atoms with Crippen molar-refractivity contribution < 1.29 is 19.1 Å². The first-order valence-corrected chi connectivity index (χ1v) is 8.50. The minimum absolute atomic E-state index is 0.155. The van der Waals surface area contributed by atoms with E-state index < -0.39 is 24.0 Å². The zero-order valence-corrected chi connectivity index (χ0v) is 12.8. The summed E-state index contributed by atoms with van der Waals surface area (Å²) in [7, 11) is 2.68. The molecule has 0 aromatic rings. The van der Waals surface area contributed by atoms with Gasteiger partial charge in [0.05, 0.1) is 0 Å². The van der Waals surface area contributed by atoms with E-state index in [4.69, 9.17) is 32.4 Å². The first kappa shape index (κ1) is 19.5. The maximum absolute atomic E-state index is 11.3. The fourth-order valence-electron chi connectivity index (χ4n) is 0.912. The highest BCUT2D eigenvalue weighted by Crippen LogP contribution is 2.22. The molecule has 0 unspecified atom stereocenters. The van der Waals surface area contributed by atoms with E-state index in [0.717, 1.165) is 0 Å². The second-order valence-corrected chi connectivity index (χ2v) is 6.25. The molecule has 8 N–H and O–H groups in total. The van der Waals surface area contributed by atoms with Gasteiger partial charge in [-0.05, 0) is 0 Å². The van der Waals surface area contributed by atoms with Gasteiger partial charge in [-0.15, -0.1) is 0 Å². The number of ether oxygens (including phenoxy) is 2. The Morgan fingerprint density at radius 1 is 0.850 bits per heavy atom. The van der Waals surface area contributed by atoms with Crippen LogP contribution in [0.4, 0.5) is 0 Å². The average molecular weight is 326 g/mol. The third kappa shape index (κ3) is 9.39. The van der Waals surface area contributed by atoms with Crippen molar-refractivity contribution in [2.24, 2.45) is 22.9 Å². The molecule has 0 saturated carbocycles. The van der Waals surface area contributed by atoms with Gasteiger partial charge in [0.2, 0.25) is 0 Å². The molecule has 0 saturated heterocycles. The summed E-state index contributed by atoms with van der Waals surface area (Å²) in [5, 5.41) is 0. The number of carbonyl (C=O) groups excluding carboxylic acids is 2. The van der Waals surface area contributed by atoms with Crippen LogP contribution in [0.2, 0.25) is 0 Å². The Kier molecular flexibility index (Phi) is 11.9. The Morgan fingerprint density at radius 2 is 1.20 bits per heavy atom. The molecule has 0 bridgehead atoms. The summed E-state index contributed by atoms with van der Waals surface area (Å²) in [6.07, 6.45) is 0. The summed E-state index contributed by atoms with van der Waals surface area (Å²) >= 11 is 0. The minimum atomic E-state index is -0.723. The summed E-state index contributed by atoms with van der Waals surface area (Å²) in [5.41, 5.74) is 21.6. The Bertz CT molecular complexity index is 268. The maximum Gasteiger partial charge on any atom is 0.323 e. The summed E-state index contributed by atoms with van der Waals surface area (Å²) in [6, 6.07) is -1.45. The third-order valence-electron chi connectivity index (χ3n) is 1.91. The molecule has 0 aliphatic rings. The smallest absolute Gasteiger partial charge is 0.323 e. The van der Waals surface area contributed by atoms with E-state index in [1.165, 1.54) is 21.6 Å². The number of rotatable bonds is 11. The zero-order valence-electron chi connectivity index (χ0n) is 11.2. The van der Waals surface area contributed by atoms with E-state index >= 15 is 0 Å². The summed E-state index contributed by atoms with van der Waals surface area (Å²) in [5.74, 6) is -0.262. The molecular weight excluding hydrogens is 304 g/mol. The molecular formula is C10H22N4O4S2. The van der Waals surface area contributed by atoms with Gasteiger partial charge in [0, 0.05) is 24.6 Å². The van der Waals surface area contributed by atoms with Gasteiger partial charge >= 0.3 is 11.9 Å². The van der Waals surface area contributed by atoms with Crippen molar-refractivity contribution in [3.63, 3.8) is 0 Å². The lowest BCUT2D eigenvalue weighted by Crippen LogP contribution is -2.36. The van der Waals surface area contributed by atoms with E-state index in [1.54, 1.807) is 0 Å². The van der Waals surface area contributed by atoms with Crippen LogP contribution in [0, 0.1) is 0 Å². The van der Waals surface area contributed by atoms with E-state index in [9.17, 15) is 9.59 Å². The summed E-state index contributed by atoms with van der Waals surface area (Å²) in [4.78, 5) is 22.6. The van der Waals surface area contributed by atoms with Crippen LogP contribution in [0.15, 0.2) is 0 Å². The van der Waals surface area contributed by atoms with Crippen LogP contribution in [0.1, 0.15) is 0 Å². The van der Waals surface area contributed by atoms with Crippen LogP contribution in [0.25, 0.3) is 0 Å². The molecule has 0 radical (unpaired) electrons. The molecule has 10 heteroatoms. The molecule has 0 aliphatic heterocycles. The minimum Gasteiger partial charge on any atom is -0.463 e. The highest BCUT2D eigenvalue weighted by atomic mass is 33.1. The van der Waals surface area contributed by atoms with Crippen molar-refractivity contribution in [2.75, 3.05) is 37.8 Å². The Hall–Kier alpha value is -0.520. The number of esters is 2. The van der Waals surface area contributed by atoms with Crippen molar-refractivity contribution in [2.45, 2.75) is 12.1 Å². The quantitative estimate of drug-likeness (QED) is 0.191. The summed E-state index contributed by atoms with van der Waals surface area (Å²) < 4.78 is 9.58. The van der Waals surface area contributed by atoms with Crippen LogP contribution >= 0.6 is 21.6 Å². The molecule has 8 nitrogen and oxygen atoms in total. The lowest BCUT2D eigenvalue weighted by molar-refractivity contribution is -0.145. The van der Waals surface area contributed by atoms with E-state index in [0.29, 0.717) is 11.5 Å². The predicted octanol–water partition coefficient (Wildman–Crippen LogP) is -1.97. The van der Waals surface area contributed by atoms with Gasteiger partial charge in [-0.2, -0.15) is 0 Å². The van der Waals surface area contributed by atoms with Gasteiger partial charge in [-0.25, -0.2) is 0 Å². The number of hydrogen-bond donors (Lipinski definition) is 4. The molecule has 0 heterocycles. The van der Waals surface area contributed by atoms with Gasteiger partial charge in [0.1, 0.15) is 25.3 Å². The van der Waals surface area contributed by atoms with Crippen LogP contribution in [-0.4, -0.2) is 61.8 Å². The second-order valence-electron chi connectivity index (χ2n) is 3.69. The molecule has 20 heavy (non-hydrogen) atoms. The maximum atomic E-state index is 11.3. The van der Waals surface area contributed by atoms with Crippen LogP contribution in [0.3, 0.4) is 0 Å². The fourth-order valence-corrected chi connectivity index (χ4v) is 3.13. The van der Waals surface area contributed by atoms with Gasteiger partial charge in [0.15, 0.2) is 0 Å². The van der Waals surface area contributed by atoms with Crippen molar-refractivity contribution in [1.82, 2.24) is 0 Å². The highest BCUT2D eigenvalue weighted by Gasteiger charge is 2.17. The van der Waals surface area contributed by atoms with Crippen LogP contribution in [0.5, 0.6) is 0 Å². The zero-order chi connectivity index (χ0) is 15.4. The Morgan fingerprint density at radius 3 is 1.50 bits per heavy atom. The predicted molar refractivity (Wildman–Crippen MR) is 80.9 cm³/mol. The molecule has 118 valence electrons. The van der Waals surface area contributed by atoms with Crippen LogP contribution < -0.4 is 22.9 Å². The highest BCUT2D eigenvalue weighted by molar-refractivity contribution is 8.76. The third-order valence-corrected chi connectivity index (χ3v) is 4.38. The second kappa shape index (κ2) is 12.2. The van der Waals surface area contributed by atoms with E-state index in [2.05, 4.69) is 0 Å².